The van der Waals surface area contributed by atoms with E-state index in [9.17, 15) is 0 Å². The van der Waals surface area contributed by atoms with E-state index < -0.39 is 0 Å². The van der Waals surface area contributed by atoms with Crippen molar-refractivity contribution in [2.75, 3.05) is 23.9 Å². The summed E-state index contributed by atoms with van der Waals surface area (Å²) in [6.07, 6.45) is 5.93. The fourth-order valence-corrected chi connectivity index (χ4v) is 9.96. The van der Waals surface area contributed by atoms with E-state index in [0.29, 0.717) is 23.3 Å². The number of aromatic nitrogens is 10. The zero-order valence-corrected chi connectivity index (χ0v) is 60.5. The SMILES string of the molecule is CN(c1ccccc1)c1ccccc1.CN(c1ccccc1)c1ccccc1.Cc1nc(-c2ccccc2)nc(-c2ccccc2)n1.Cc1nc(-c2ccccc2)nc(-c2ccccc2)n1.[Y].[Y].[c-]1ccccc1-n1[c-]nc2ccccc21.[c-]1ccccc1-n1[c-]nc2ccccc21. The molecule has 0 saturated heterocycles. The molecule has 0 aliphatic carbocycles. The maximum absolute atomic E-state index is 4.55. The molecule has 12 nitrogen and oxygen atoms in total. The molecule has 0 amide bonds. The summed E-state index contributed by atoms with van der Waals surface area (Å²) in [5.74, 6) is 4.32. The molecule has 16 rings (SSSR count). The van der Waals surface area contributed by atoms with Crippen molar-refractivity contribution in [2.24, 2.45) is 0 Å². The van der Waals surface area contributed by atoms with Gasteiger partial charge in [0.2, 0.25) is 0 Å². The van der Waals surface area contributed by atoms with Gasteiger partial charge in [0.1, 0.15) is 11.6 Å². The van der Waals surface area contributed by atoms with Gasteiger partial charge < -0.3 is 28.9 Å². The summed E-state index contributed by atoms with van der Waals surface area (Å²) in [6, 6.07) is 119. The van der Waals surface area contributed by atoms with Gasteiger partial charge in [-0.25, -0.2) is 42.0 Å². The summed E-state index contributed by atoms with van der Waals surface area (Å²) < 4.78 is 3.82. The minimum absolute atomic E-state index is 0. The van der Waals surface area contributed by atoms with Crippen LogP contribution in [0.1, 0.15) is 11.6 Å². The average molecular weight is 1420 g/mol. The monoisotopic (exact) mass is 1420 g/mol. The molecule has 98 heavy (non-hydrogen) atoms. The first kappa shape index (κ1) is 71.7. The van der Waals surface area contributed by atoms with E-state index >= 15 is 0 Å². The van der Waals surface area contributed by atoms with Gasteiger partial charge in [-0.3, -0.25) is 0 Å². The third-order valence-electron chi connectivity index (χ3n) is 14.8. The average Bonchev–Trinajstić information content (AvgIpc) is 1.38. The maximum atomic E-state index is 4.55. The van der Waals surface area contributed by atoms with Crippen molar-refractivity contribution >= 4 is 44.8 Å². The fraction of sp³-hybridized carbons (Fsp3) is 0.0476. The van der Waals surface area contributed by atoms with Gasteiger partial charge in [-0.15, -0.1) is 0 Å². The van der Waals surface area contributed by atoms with Crippen molar-refractivity contribution in [1.82, 2.24) is 49.0 Å². The summed E-state index contributed by atoms with van der Waals surface area (Å²) in [4.78, 5) is 39.5. The van der Waals surface area contributed by atoms with E-state index in [1.807, 2.05) is 266 Å². The molecule has 4 heterocycles. The van der Waals surface area contributed by atoms with Gasteiger partial charge in [0, 0.05) is 137 Å². The van der Waals surface area contributed by atoms with Crippen molar-refractivity contribution in [3.63, 3.8) is 0 Å². The molecule has 0 atom stereocenters. The Morgan fingerprint density at radius 1 is 0.265 bits per heavy atom. The van der Waals surface area contributed by atoms with Crippen LogP contribution in [0.4, 0.5) is 22.7 Å². The van der Waals surface area contributed by atoms with E-state index in [1.165, 1.54) is 22.7 Å². The molecular formula is C84H68N12Y2-4. The summed E-state index contributed by atoms with van der Waals surface area (Å²) in [5.41, 5.74) is 14.8. The Bertz CT molecular complexity index is 4400. The molecule has 16 aromatic rings. The van der Waals surface area contributed by atoms with Gasteiger partial charge in [-0.1, -0.05) is 254 Å². The molecule has 14 heteroatoms. The second-order valence-electron chi connectivity index (χ2n) is 21.6. The second-order valence-corrected chi connectivity index (χ2v) is 21.6. The summed E-state index contributed by atoms with van der Waals surface area (Å²) in [6.45, 7) is 3.78. The van der Waals surface area contributed by atoms with Crippen LogP contribution in [0, 0.1) is 38.6 Å². The third-order valence-corrected chi connectivity index (χ3v) is 14.8. The Kier molecular flexibility index (Phi) is 27.5. The van der Waals surface area contributed by atoms with Crippen LogP contribution in [0.5, 0.6) is 0 Å². The predicted molar refractivity (Wildman–Crippen MR) is 390 cm³/mol. The molecule has 0 bridgehead atoms. The zero-order valence-electron chi connectivity index (χ0n) is 54.9. The minimum atomic E-state index is 0. The van der Waals surface area contributed by atoms with Gasteiger partial charge in [0.25, 0.3) is 0 Å². The number of para-hydroxylation sites is 10. The van der Waals surface area contributed by atoms with E-state index in [2.05, 4.69) is 186 Å². The molecule has 0 fully saturated rings. The summed E-state index contributed by atoms with van der Waals surface area (Å²) >= 11 is 0. The van der Waals surface area contributed by atoms with Crippen LogP contribution in [0.3, 0.4) is 0 Å². The molecule has 2 radical (unpaired) electrons. The number of fused-ring (bicyclic) bond motifs is 2. The largest absolute Gasteiger partial charge is 0.448 e. The Morgan fingerprint density at radius 2 is 0.500 bits per heavy atom. The first-order valence-corrected chi connectivity index (χ1v) is 31.3. The number of benzene rings is 12. The Balaban J connectivity index is 0.000000138. The first-order chi connectivity index (χ1) is 47.3. The molecule has 0 saturated carbocycles. The molecule has 474 valence electrons. The van der Waals surface area contributed by atoms with Crippen molar-refractivity contribution in [2.45, 2.75) is 13.8 Å². The second kappa shape index (κ2) is 37.6. The standard InChI is InChI=1S/2C16H13N3.2C13H8N2.2C13H13N.2Y/c2*1-12-17-15(13-8-4-2-5-9-13)19-16(18-12)14-10-6-3-7-11-14;2*1-2-6-11(7-3-1)15-10-14-12-8-4-5-9-13(12)15;2*1-14(12-8-4-2-5-9-12)13-10-6-3-7-11-13;;/h2*2-11H,1H3;2*1-6,8-9H;2*2-11H,1H3;;/q;;2*-2;;;;. The number of hydrogen-bond donors (Lipinski definition) is 0. The Labute approximate surface area is 624 Å². The van der Waals surface area contributed by atoms with Gasteiger partial charge in [-0.2, -0.15) is 59.9 Å². The molecule has 0 unspecified atom stereocenters. The molecular weight excluding hydrogens is 1350 g/mol. The number of aryl methyl sites for hydroxylation is 2. The topological polar surface area (TPSA) is 119 Å². The first-order valence-electron chi connectivity index (χ1n) is 31.3. The molecule has 12 aromatic carbocycles. The number of imidazole rings is 2. The zero-order chi connectivity index (χ0) is 65.9. The maximum Gasteiger partial charge on any atom is 0.163 e. The van der Waals surface area contributed by atoms with Crippen molar-refractivity contribution in [1.29, 1.82) is 0 Å². The van der Waals surface area contributed by atoms with Crippen LogP contribution in [0.2, 0.25) is 0 Å². The number of rotatable bonds is 10. The third kappa shape index (κ3) is 20.2. The number of anilines is 4. The van der Waals surface area contributed by atoms with Crippen LogP contribution in [0.25, 0.3) is 79.0 Å². The van der Waals surface area contributed by atoms with Crippen molar-refractivity contribution in [3.05, 3.63) is 376 Å². The van der Waals surface area contributed by atoms with Crippen LogP contribution in [-0.2, 0) is 65.4 Å². The van der Waals surface area contributed by atoms with Crippen LogP contribution in [-0.4, -0.2) is 63.1 Å². The van der Waals surface area contributed by atoms with Gasteiger partial charge in [0.15, 0.2) is 23.3 Å². The van der Waals surface area contributed by atoms with Crippen LogP contribution in [0.15, 0.2) is 340 Å². The molecule has 0 aliphatic heterocycles. The van der Waals surface area contributed by atoms with E-state index in [4.69, 9.17) is 0 Å². The van der Waals surface area contributed by atoms with Gasteiger partial charge in [0.05, 0.1) is 0 Å². The van der Waals surface area contributed by atoms with Crippen LogP contribution < -0.4 is 9.80 Å². The van der Waals surface area contributed by atoms with Crippen LogP contribution >= 0.6 is 0 Å². The van der Waals surface area contributed by atoms with Gasteiger partial charge >= 0.3 is 0 Å². The number of nitrogens with zero attached hydrogens (tertiary/aromatic N) is 12. The minimum Gasteiger partial charge on any atom is -0.448 e. The molecule has 0 spiro atoms. The van der Waals surface area contributed by atoms with Crippen molar-refractivity contribution in [3.8, 4) is 56.9 Å². The summed E-state index contributed by atoms with van der Waals surface area (Å²) in [7, 11) is 4.15. The normalized spacial score (nSPS) is 10.1. The van der Waals surface area contributed by atoms with E-state index in [-0.39, 0.29) is 65.4 Å². The fourth-order valence-electron chi connectivity index (χ4n) is 9.96. The molecule has 4 aromatic heterocycles. The Morgan fingerprint density at radius 3 is 0.755 bits per heavy atom. The molecule has 0 aliphatic rings. The van der Waals surface area contributed by atoms with E-state index in [0.717, 1.165) is 67.3 Å². The smallest absolute Gasteiger partial charge is 0.163 e. The quantitative estimate of drug-likeness (QED) is 0.122. The molecule has 0 N–H and O–H groups in total. The predicted octanol–water partition coefficient (Wildman–Crippen LogP) is 19.2. The number of hydrogen-bond acceptors (Lipinski definition) is 10. The van der Waals surface area contributed by atoms with Crippen molar-refractivity contribution < 1.29 is 65.4 Å². The Hall–Kier alpha value is -10.6. The summed E-state index contributed by atoms with van der Waals surface area (Å²) in [5, 5.41) is 0. The van der Waals surface area contributed by atoms with E-state index in [1.54, 1.807) is 0 Å². The van der Waals surface area contributed by atoms with Gasteiger partial charge in [-0.05, 0) is 73.4 Å².